The first-order valence-electron chi connectivity index (χ1n) is 21.1. The van der Waals surface area contributed by atoms with Crippen LogP contribution >= 0.6 is 15.9 Å². The molecule has 0 N–H and O–H groups in total. The van der Waals surface area contributed by atoms with E-state index in [4.69, 9.17) is 9.47 Å². The van der Waals surface area contributed by atoms with Crippen LogP contribution in [-0.2, 0) is 60.3 Å². The summed E-state index contributed by atoms with van der Waals surface area (Å²) in [6, 6.07) is 10.7. The van der Waals surface area contributed by atoms with Gasteiger partial charge >= 0.3 is 74.2 Å². The van der Waals surface area contributed by atoms with Crippen LogP contribution < -0.4 is 32.0 Å². The van der Waals surface area contributed by atoms with E-state index < -0.39 is 77.0 Å². The summed E-state index contributed by atoms with van der Waals surface area (Å²) < 4.78 is 102. The Kier molecular flexibility index (Phi) is 18.1. The Balaban J connectivity index is 0.000000274. The van der Waals surface area contributed by atoms with E-state index in [0.717, 1.165) is 9.13 Å². The Morgan fingerprint density at radius 1 is 0.594 bits per heavy atom. The molecule has 0 atom stereocenters. The minimum absolute atomic E-state index is 0.0295. The molecule has 0 aliphatic rings. The van der Waals surface area contributed by atoms with Crippen LogP contribution in [0.1, 0.15) is 32.3 Å². The monoisotopic (exact) mass is 1150 g/mol. The molecule has 0 aliphatic heterocycles. The van der Waals surface area contributed by atoms with Crippen molar-refractivity contribution in [3.05, 3.63) is 100 Å². The Labute approximate surface area is 403 Å². The summed E-state index contributed by atoms with van der Waals surface area (Å²) in [4.78, 5) is 83.3. The van der Waals surface area contributed by atoms with Gasteiger partial charge in [-0.2, -0.15) is 0 Å². The summed E-state index contributed by atoms with van der Waals surface area (Å²) in [6.07, 6.45) is -9.16. The predicted molar refractivity (Wildman–Crippen MR) is 253 cm³/mol. The standard InChI is InChI=1S/C21H22F3N3O5.C20H19BrF3N3O5.4CH3.Sn/c1-12-16(14-7-5-8-15(11-14)32-21(22,23)24)25(3)18-17(12)26(4)20(30)27(19(18)29)9-6-10-31-13(2)28;1-11(28)31-9-5-8-27-18(29)17-16(26(3)19(27)30)14(21)15(25(17)2)12-6-4-7-13(10-12)32-20(22,23)24;;;;;/h5,7-8,11H,6,9-10H2,1-4H3;4,6-7,10H,5,8-9H2,1-3H3;4*1H3;. The molecule has 0 bridgehead atoms. The summed E-state index contributed by atoms with van der Waals surface area (Å²) in [6.45, 7) is 4.41. The zero-order valence-corrected chi connectivity index (χ0v) is 44.2. The number of ether oxygens (including phenoxy) is 4. The molecule has 6 rings (SSSR count). The van der Waals surface area contributed by atoms with Gasteiger partial charge in [-0.1, -0.05) is 24.3 Å². The van der Waals surface area contributed by atoms with Gasteiger partial charge in [0.1, 0.15) is 22.5 Å². The number of hydrogen-bond acceptors (Lipinski definition) is 10. The fourth-order valence-electron chi connectivity index (χ4n) is 7.32. The van der Waals surface area contributed by atoms with E-state index in [1.54, 1.807) is 37.7 Å². The van der Waals surface area contributed by atoms with E-state index in [0.29, 0.717) is 43.6 Å². The van der Waals surface area contributed by atoms with Gasteiger partial charge in [-0.05, 0) is 65.5 Å². The van der Waals surface area contributed by atoms with E-state index in [1.165, 1.54) is 78.0 Å². The third kappa shape index (κ3) is 14.2. The van der Waals surface area contributed by atoms with Crippen molar-refractivity contribution in [2.45, 2.75) is 79.2 Å². The van der Waals surface area contributed by atoms with Crippen molar-refractivity contribution >= 4 is 68.3 Å². The molecular formula is C45H53BrF6N6O10Sn. The molecule has 4 heterocycles. The molecule has 0 radical (unpaired) electrons. The van der Waals surface area contributed by atoms with Crippen LogP contribution in [0.2, 0.25) is 19.8 Å². The zero-order chi connectivity index (χ0) is 52.1. The molecule has 0 amide bonds. The first-order valence-corrected chi connectivity index (χ1v) is 33.3. The summed E-state index contributed by atoms with van der Waals surface area (Å²) in [5.41, 5.74) is 1.09. The van der Waals surface area contributed by atoms with Crippen molar-refractivity contribution in [3.8, 4) is 34.0 Å². The Bertz CT molecular complexity index is 2910. The van der Waals surface area contributed by atoms with Crippen molar-refractivity contribution in [2.24, 2.45) is 28.2 Å². The van der Waals surface area contributed by atoms with Gasteiger partial charge in [-0.25, -0.2) is 9.59 Å². The average molecular weight is 1150 g/mol. The molecule has 0 saturated heterocycles. The van der Waals surface area contributed by atoms with Crippen LogP contribution in [0.25, 0.3) is 44.6 Å². The number of benzene rings is 2. The molecule has 4 aromatic heterocycles. The van der Waals surface area contributed by atoms with Gasteiger partial charge in [0.2, 0.25) is 0 Å². The van der Waals surface area contributed by atoms with Crippen molar-refractivity contribution < 1.29 is 54.9 Å². The number of carbonyl (C=O) groups excluding carboxylic acids is 2. The quantitative estimate of drug-likeness (QED) is 0.0505. The summed E-state index contributed by atoms with van der Waals surface area (Å²) in [7, 11) is 6.20. The molecule has 0 unspecified atom stereocenters. The van der Waals surface area contributed by atoms with Gasteiger partial charge in [0.05, 0.1) is 40.1 Å². The maximum absolute atomic E-state index is 13.1. The average Bonchev–Trinajstić information content (AvgIpc) is 3.64. The van der Waals surface area contributed by atoms with Crippen LogP contribution in [-0.4, -0.2) is 83.7 Å². The number of aromatic nitrogens is 6. The topological polar surface area (TPSA) is 169 Å². The number of hydrogen-bond donors (Lipinski definition) is 0. The molecule has 0 spiro atoms. The van der Waals surface area contributed by atoms with Gasteiger partial charge in [0.25, 0.3) is 11.1 Å². The number of esters is 2. The van der Waals surface area contributed by atoms with E-state index in [1.807, 2.05) is 0 Å². The number of rotatable bonds is 12. The van der Waals surface area contributed by atoms with Crippen LogP contribution in [0, 0.1) is 6.92 Å². The Morgan fingerprint density at radius 3 is 1.35 bits per heavy atom. The van der Waals surface area contributed by atoms with E-state index in [9.17, 15) is 55.1 Å². The van der Waals surface area contributed by atoms with Crippen molar-refractivity contribution in [2.75, 3.05) is 13.2 Å². The molecule has 69 heavy (non-hydrogen) atoms. The summed E-state index contributed by atoms with van der Waals surface area (Å²) >= 11 is 2.22. The molecule has 0 saturated carbocycles. The van der Waals surface area contributed by atoms with Gasteiger partial charge in [0, 0.05) is 66.3 Å². The summed E-state index contributed by atoms with van der Waals surface area (Å²) in [5, 5.41) is 0. The maximum atomic E-state index is 13.1. The zero-order valence-electron chi connectivity index (χ0n) is 39.8. The first-order chi connectivity index (χ1) is 31.8. The van der Waals surface area contributed by atoms with Crippen LogP contribution in [0.4, 0.5) is 26.3 Å². The number of alkyl halides is 6. The van der Waals surface area contributed by atoms with Gasteiger partial charge < -0.3 is 28.1 Å². The number of carbonyl (C=O) groups is 2. The molecule has 2 aromatic carbocycles. The second kappa shape index (κ2) is 22.4. The van der Waals surface area contributed by atoms with Gasteiger partial charge in [-0.15, -0.1) is 26.3 Å². The number of fused-ring (bicyclic) bond motifs is 2. The van der Waals surface area contributed by atoms with Crippen molar-refractivity contribution in [1.29, 1.82) is 0 Å². The molecule has 6 aromatic rings. The van der Waals surface area contributed by atoms with Crippen LogP contribution in [0.3, 0.4) is 0 Å². The van der Waals surface area contributed by atoms with E-state index in [2.05, 4.69) is 45.2 Å². The van der Waals surface area contributed by atoms with Gasteiger partial charge in [0.15, 0.2) is 0 Å². The Hall–Kier alpha value is -5.72. The molecule has 0 aliphatic carbocycles. The fraction of sp³-hybridized carbons (Fsp3) is 0.422. The SMILES string of the molecule is CC(=O)OCCCn1c(=O)c2c(c(Br)c(-c3cccc(OC(F)(F)F)c3)n2C)n(C)c1=O.CC(=O)OCCCn1c(=O)c2c(c(C)c(-c3cccc(OC(F)(F)F)c3)n2C)n(C)c1=O.[CH3][Sn]([CH3])([CH3])[CH3]. The summed E-state index contributed by atoms with van der Waals surface area (Å²) in [5.74, 6) is -1.73. The van der Waals surface area contributed by atoms with Crippen molar-refractivity contribution in [1.82, 2.24) is 27.4 Å². The Morgan fingerprint density at radius 2 is 0.957 bits per heavy atom. The van der Waals surface area contributed by atoms with Crippen molar-refractivity contribution in [3.63, 3.8) is 0 Å². The molecule has 0 fully saturated rings. The normalized spacial score (nSPS) is 11.7. The van der Waals surface area contributed by atoms with E-state index >= 15 is 0 Å². The second-order valence-corrected chi connectivity index (χ2v) is 35.2. The van der Waals surface area contributed by atoms with E-state index in [-0.39, 0.29) is 50.2 Å². The molecule has 16 nitrogen and oxygen atoms in total. The fourth-order valence-corrected chi connectivity index (χ4v) is 8.27. The number of aryl methyl sites for hydroxylation is 5. The number of halogens is 7. The minimum atomic E-state index is -4.85. The molecule has 376 valence electrons. The molecule has 24 heteroatoms. The first kappa shape index (κ1) is 55.9. The third-order valence-electron chi connectivity index (χ3n) is 9.86. The van der Waals surface area contributed by atoms with Crippen LogP contribution in [0.5, 0.6) is 11.5 Å². The second-order valence-electron chi connectivity index (χ2n) is 17.3. The third-order valence-corrected chi connectivity index (χ3v) is 10.6. The predicted octanol–water partition coefficient (Wildman–Crippen LogP) is 8.14. The molecular weight excluding hydrogens is 1100 g/mol. The number of nitrogens with zero attached hydrogens (tertiary/aromatic N) is 6. The van der Waals surface area contributed by atoms with Crippen LogP contribution in [0.15, 0.2) is 72.2 Å². The van der Waals surface area contributed by atoms with Gasteiger partial charge in [-0.3, -0.25) is 37.4 Å².